The Bertz CT molecular complexity index is 732. The summed E-state index contributed by atoms with van der Waals surface area (Å²) in [6.45, 7) is 0. The molecule has 1 aromatic carbocycles. The van der Waals surface area contributed by atoms with Gasteiger partial charge in [0.25, 0.3) is 0 Å². The van der Waals surface area contributed by atoms with Crippen LogP contribution in [0.1, 0.15) is 19.3 Å². The van der Waals surface area contributed by atoms with Crippen molar-refractivity contribution in [3.05, 3.63) is 47.2 Å². The first-order valence-electron chi connectivity index (χ1n) is 6.71. The number of rotatable bonds is 1. The standard InChI is InChI=1S/C15H14ClN3/c16-14-11-7-4-8-13(11)18-15-12(14)9-17-19(15)10-5-2-1-3-6-10/h1-3,5-6,9,11,13H,4,7-8H2/t11-,13+/m0/s1. The molecule has 0 saturated heterocycles. The van der Waals surface area contributed by atoms with Gasteiger partial charge in [0.1, 0.15) is 0 Å². The monoisotopic (exact) mass is 271 g/mol. The van der Waals surface area contributed by atoms with Crippen LogP contribution in [0, 0.1) is 5.92 Å². The minimum Gasteiger partial charge on any atom is -0.262 e. The predicted octanol–water partition coefficient (Wildman–Crippen LogP) is 2.02. The summed E-state index contributed by atoms with van der Waals surface area (Å²) in [5.74, 6) is 0.419. The Kier molecular flexibility index (Phi) is 2.49. The van der Waals surface area contributed by atoms with E-state index in [-0.39, 0.29) is 0 Å². The van der Waals surface area contributed by atoms with Gasteiger partial charge in [-0.1, -0.05) is 36.2 Å². The minimum absolute atomic E-state index is 0.346. The van der Waals surface area contributed by atoms with Gasteiger partial charge in [0.15, 0.2) is 5.49 Å². The van der Waals surface area contributed by atoms with Crippen molar-refractivity contribution in [3.8, 4) is 5.69 Å². The summed E-state index contributed by atoms with van der Waals surface area (Å²) in [6.07, 6.45) is 5.37. The van der Waals surface area contributed by atoms with E-state index in [2.05, 4.69) is 5.10 Å². The zero-order valence-electron chi connectivity index (χ0n) is 10.5. The summed E-state index contributed by atoms with van der Waals surface area (Å²) >= 11 is 6.55. The highest BCUT2D eigenvalue weighted by atomic mass is 35.5. The smallest absolute Gasteiger partial charge is 0.159 e. The first kappa shape index (κ1) is 11.2. The molecule has 0 amide bonds. The normalized spacial score (nSPS) is 24.8. The Balaban J connectivity index is 1.98. The van der Waals surface area contributed by atoms with Crippen LogP contribution in [0.2, 0.25) is 0 Å². The third-order valence-corrected chi connectivity index (χ3v) is 4.58. The SMILES string of the molecule is ClC1=c2cnn(-c3ccccc3)c2=N[C@@H]2CCC[C@H]12. The Morgan fingerprint density at radius 3 is 2.84 bits per heavy atom. The number of fused-ring (bicyclic) bond motifs is 2. The van der Waals surface area contributed by atoms with E-state index in [9.17, 15) is 0 Å². The third kappa shape index (κ3) is 1.65. The fraction of sp³-hybridized carbons (Fsp3) is 0.333. The Hall–Kier alpha value is -1.61. The molecule has 2 heterocycles. The summed E-state index contributed by atoms with van der Waals surface area (Å²) < 4.78 is 1.90. The molecule has 19 heavy (non-hydrogen) atoms. The largest absolute Gasteiger partial charge is 0.262 e. The van der Waals surface area contributed by atoms with Crippen LogP contribution >= 0.6 is 11.6 Å². The van der Waals surface area contributed by atoms with Gasteiger partial charge in [0.2, 0.25) is 0 Å². The maximum absolute atomic E-state index is 6.55. The van der Waals surface area contributed by atoms with Crippen LogP contribution in [0.5, 0.6) is 0 Å². The average molecular weight is 272 g/mol. The minimum atomic E-state index is 0.346. The van der Waals surface area contributed by atoms with Crippen molar-refractivity contribution in [3.63, 3.8) is 0 Å². The van der Waals surface area contributed by atoms with Gasteiger partial charge in [-0.2, -0.15) is 5.10 Å². The molecule has 0 N–H and O–H groups in total. The quantitative estimate of drug-likeness (QED) is 0.780. The van der Waals surface area contributed by atoms with Gasteiger partial charge in [0.05, 0.1) is 23.1 Å². The molecule has 2 atom stereocenters. The number of benzene rings is 1. The summed E-state index contributed by atoms with van der Waals surface area (Å²) in [6, 6.07) is 10.4. The molecule has 2 aromatic rings. The van der Waals surface area contributed by atoms with Gasteiger partial charge in [-0.05, 0) is 25.0 Å². The van der Waals surface area contributed by atoms with Gasteiger partial charge in [0, 0.05) is 11.0 Å². The van der Waals surface area contributed by atoms with Crippen LogP contribution < -0.4 is 10.7 Å². The summed E-state index contributed by atoms with van der Waals surface area (Å²) in [4.78, 5) is 4.89. The number of nitrogens with zero attached hydrogens (tertiary/aromatic N) is 3. The van der Waals surface area contributed by atoms with Crippen LogP contribution in [-0.4, -0.2) is 15.8 Å². The van der Waals surface area contributed by atoms with E-state index in [0.29, 0.717) is 12.0 Å². The molecule has 1 aromatic heterocycles. The van der Waals surface area contributed by atoms with E-state index in [1.807, 2.05) is 41.2 Å². The van der Waals surface area contributed by atoms with E-state index < -0.39 is 0 Å². The maximum atomic E-state index is 6.55. The van der Waals surface area contributed by atoms with Gasteiger partial charge < -0.3 is 0 Å². The molecule has 0 bridgehead atoms. The number of aromatic nitrogens is 2. The van der Waals surface area contributed by atoms with E-state index in [1.165, 1.54) is 6.42 Å². The number of halogens is 1. The molecule has 1 aliphatic heterocycles. The second-order valence-corrected chi connectivity index (χ2v) is 5.62. The molecule has 0 spiro atoms. The predicted molar refractivity (Wildman–Crippen MR) is 74.7 cm³/mol. The van der Waals surface area contributed by atoms with Gasteiger partial charge in [-0.3, -0.25) is 4.99 Å². The van der Waals surface area contributed by atoms with Crippen molar-refractivity contribution in [2.45, 2.75) is 25.3 Å². The summed E-state index contributed by atoms with van der Waals surface area (Å²) in [5.41, 5.74) is 1.95. The molecular weight excluding hydrogens is 258 g/mol. The first-order valence-corrected chi connectivity index (χ1v) is 7.09. The van der Waals surface area contributed by atoms with Crippen LogP contribution in [-0.2, 0) is 0 Å². The summed E-state index contributed by atoms with van der Waals surface area (Å²) in [7, 11) is 0. The number of hydrogen-bond acceptors (Lipinski definition) is 2. The number of para-hydroxylation sites is 1. The maximum Gasteiger partial charge on any atom is 0.159 e. The van der Waals surface area contributed by atoms with Crippen LogP contribution in [0.3, 0.4) is 0 Å². The molecule has 1 fully saturated rings. The van der Waals surface area contributed by atoms with Crippen molar-refractivity contribution in [2.75, 3.05) is 0 Å². The lowest BCUT2D eigenvalue weighted by molar-refractivity contribution is 0.569. The van der Waals surface area contributed by atoms with Crippen molar-refractivity contribution in [2.24, 2.45) is 10.9 Å². The van der Waals surface area contributed by atoms with Crippen molar-refractivity contribution in [1.82, 2.24) is 9.78 Å². The average Bonchev–Trinajstić information content (AvgIpc) is 3.07. The van der Waals surface area contributed by atoms with E-state index in [0.717, 1.165) is 34.3 Å². The highest BCUT2D eigenvalue weighted by Gasteiger charge is 2.32. The zero-order valence-corrected chi connectivity index (χ0v) is 11.2. The second-order valence-electron chi connectivity index (χ2n) is 5.21. The zero-order chi connectivity index (χ0) is 12.8. The molecule has 0 unspecified atom stereocenters. The molecule has 4 rings (SSSR count). The van der Waals surface area contributed by atoms with Crippen molar-refractivity contribution < 1.29 is 0 Å². The molecule has 3 nitrogen and oxygen atoms in total. The lowest BCUT2D eigenvalue weighted by atomic mass is 10.0. The van der Waals surface area contributed by atoms with Crippen molar-refractivity contribution >= 4 is 16.6 Å². The van der Waals surface area contributed by atoms with E-state index in [1.54, 1.807) is 0 Å². The first-order chi connectivity index (χ1) is 9.34. The van der Waals surface area contributed by atoms with Crippen LogP contribution in [0.15, 0.2) is 41.5 Å². The lowest BCUT2D eigenvalue weighted by Gasteiger charge is -2.18. The molecule has 2 aliphatic rings. The molecule has 0 radical (unpaired) electrons. The molecule has 4 heteroatoms. The Morgan fingerprint density at radius 2 is 2.00 bits per heavy atom. The second kappa shape index (κ2) is 4.20. The topological polar surface area (TPSA) is 30.2 Å². The van der Waals surface area contributed by atoms with Gasteiger partial charge >= 0.3 is 0 Å². The molecular formula is C15H14ClN3. The molecule has 1 saturated carbocycles. The fourth-order valence-corrected chi connectivity index (χ4v) is 3.53. The van der Waals surface area contributed by atoms with E-state index in [4.69, 9.17) is 16.6 Å². The highest BCUT2D eigenvalue weighted by Crippen LogP contribution is 2.36. The number of hydrogen-bond donors (Lipinski definition) is 0. The van der Waals surface area contributed by atoms with Gasteiger partial charge in [-0.25, -0.2) is 4.68 Å². The van der Waals surface area contributed by atoms with E-state index >= 15 is 0 Å². The Labute approximate surface area is 116 Å². The lowest BCUT2D eigenvalue weighted by Crippen LogP contribution is -2.38. The van der Waals surface area contributed by atoms with Crippen LogP contribution in [0.4, 0.5) is 0 Å². The fourth-order valence-electron chi connectivity index (χ4n) is 3.14. The van der Waals surface area contributed by atoms with Crippen LogP contribution in [0.25, 0.3) is 10.7 Å². The molecule has 1 aliphatic carbocycles. The highest BCUT2D eigenvalue weighted by molar-refractivity contribution is 6.45. The summed E-state index contributed by atoms with van der Waals surface area (Å²) in [5, 5.41) is 6.42. The third-order valence-electron chi connectivity index (χ3n) is 4.10. The molecule has 96 valence electrons. The Morgan fingerprint density at radius 1 is 1.16 bits per heavy atom. The van der Waals surface area contributed by atoms with Gasteiger partial charge in [-0.15, -0.1) is 0 Å². The van der Waals surface area contributed by atoms with Crippen molar-refractivity contribution in [1.29, 1.82) is 0 Å².